The van der Waals surface area contributed by atoms with E-state index in [2.05, 4.69) is 10.6 Å². The highest BCUT2D eigenvalue weighted by atomic mass is 19.1. The molecule has 2 aliphatic carbocycles. The van der Waals surface area contributed by atoms with Gasteiger partial charge in [0.1, 0.15) is 12.4 Å². The van der Waals surface area contributed by atoms with Crippen molar-refractivity contribution in [3.8, 4) is 11.1 Å². The molecule has 0 radical (unpaired) electrons. The van der Waals surface area contributed by atoms with E-state index in [1.54, 1.807) is 0 Å². The van der Waals surface area contributed by atoms with Crippen molar-refractivity contribution in [2.24, 2.45) is 5.92 Å². The molecule has 0 aromatic heterocycles. The molecule has 0 saturated heterocycles. The zero-order chi connectivity index (χ0) is 24.5. The Balaban J connectivity index is 1.18. The lowest BCUT2D eigenvalue weighted by Crippen LogP contribution is -2.46. The molecule has 0 bridgehead atoms. The molecule has 0 unspecified atom stereocenters. The molecule has 0 spiro atoms. The van der Waals surface area contributed by atoms with Gasteiger partial charge in [0.05, 0.1) is 11.5 Å². The van der Waals surface area contributed by atoms with E-state index in [9.17, 15) is 18.8 Å². The number of hydrogen-bond donors (Lipinski definition) is 3. The van der Waals surface area contributed by atoms with Gasteiger partial charge in [0.2, 0.25) is 0 Å². The predicted octanol–water partition coefficient (Wildman–Crippen LogP) is 4.78. The van der Waals surface area contributed by atoms with Crippen LogP contribution in [0.5, 0.6) is 0 Å². The average molecular weight is 474 g/mol. The molecule has 3 aromatic carbocycles. The Labute approximate surface area is 200 Å². The Morgan fingerprint density at radius 3 is 2.17 bits per heavy atom. The number of aliphatic carboxylic acids is 1. The number of amides is 2. The van der Waals surface area contributed by atoms with Gasteiger partial charge >= 0.3 is 12.1 Å². The van der Waals surface area contributed by atoms with Crippen molar-refractivity contribution in [1.82, 2.24) is 5.32 Å². The van der Waals surface area contributed by atoms with Gasteiger partial charge in [-0.25, -0.2) is 9.18 Å². The van der Waals surface area contributed by atoms with Crippen LogP contribution in [0.4, 0.5) is 14.9 Å². The number of carbonyl (C=O) groups is 3. The highest BCUT2D eigenvalue weighted by Crippen LogP contribution is 2.44. The minimum atomic E-state index is -0.898. The fourth-order valence-corrected chi connectivity index (χ4v) is 4.73. The number of halogens is 1. The minimum absolute atomic E-state index is 0.0943. The molecule has 3 N–H and O–H groups in total. The summed E-state index contributed by atoms with van der Waals surface area (Å²) in [5.74, 6) is -2.89. The van der Waals surface area contributed by atoms with Gasteiger partial charge in [-0.3, -0.25) is 14.9 Å². The smallest absolute Gasteiger partial charge is 0.411 e. The average Bonchev–Trinajstić information content (AvgIpc) is 3.13. The number of ether oxygens (including phenoxy) is 1. The van der Waals surface area contributed by atoms with E-state index in [1.165, 1.54) is 12.1 Å². The first-order valence-electron chi connectivity index (χ1n) is 11.4. The Kier molecular flexibility index (Phi) is 5.94. The van der Waals surface area contributed by atoms with Crippen LogP contribution in [0, 0.1) is 11.7 Å². The van der Waals surface area contributed by atoms with E-state index in [0.717, 1.165) is 28.3 Å². The molecular weight excluding hydrogens is 451 g/mol. The molecular formula is C27H23FN2O5. The summed E-state index contributed by atoms with van der Waals surface area (Å²) in [6.07, 6.45) is -0.0773. The second-order valence-corrected chi connectivity index (χ2v) is 8.82. The van der Waals surface area contributed by atoms with Crippen molar-refractivity contribution in [3.05, 3.63) is 89.2 Å². The van der Waals surface area contributed by atoms with Crippen molar-refractivity contribution in [3.63, 3.8) is 0 Å². The number of carboxylic acids is 1. The summed E-state index contributed by atoms with van der Waals surface area (Å²) >= 11 is 0. The molecule has 8 heteroatoms. The van der Waals surface area contributed by atoms with Gasteiger partial charge in [-0.2, -0.15) is 0 Å². The second-order valence-electron chi connectivity index (χ2n) is 8.82. The predicted molar refractivity (Wildman–Crippen MR) is 127 cm³/mol. The summed E-state index contributed by atoms with van der Waals surface area (Å²) in [6.45, 7) is 0.127. The molecule has 0 heterocycles. The summed E-state index contributed by atoms with van der Waals surface area (Å²) in [5.41, 5.74) is 4.39. The topological polar surface area (TPSA) is 105 Å². The highest BCUT2D eigenvalue weighted by Gasteiger charge is 2.35. The third-order valence-electron chi connectivity index (χ3n) is 6.63. The summed E-state index contributed by atoms with van der Waals surface area (Å²) < 4.78 is 20.0. The molecule has 0 atom stereocenters. The number of carbonyl (C=O) groups excluding carboxylic acids is 2. The number of carboxylic acid groups (broad SMARTS) is 1. The van der Waals surface area contributed by atoms with Crippen molar-refractivity contribution in [2.45, 2.75) is 24.8 Å². The van der Waals surface area contributed by atoms with Crippen LogP contribution in [-0.2, 0) is 9.53 Å². The van der Waals surface area contributed by atoms with E-state index in [0.29, 0.717) is 12.8 Å². The maximum atomic E-state index is 14.5. The van der Waals surface area contributed by atoms with Gasteiger partial charge in [0.15, 0.2) is 0 Å². The fourth-order valence-electron chi connectivity index (χ4n) is 4.73. The van der Waals surface area contributed by atoms with Crippen LogP contribution >= 0.6 is 0 Å². The Bertz CT molecular complexity index is 1270. The molecule has 0 aliphatic heterocycles. The lowest BCUT2D eigenvalue weighted by Gasteiger charge is -2.32. The SMILES string of the molecule is O=C(Nc1ccc(C(=O)NC2CC(C(=O)O)C2)c(F)c1)OCC1c2ccccc2-c2ccccc21. The van der Waals surface area contributed by atoms with Crippen LogP contribution < -0.4 is 10.6 Å². The van der Waals surface area contributed by atoms with Crippen molar-refractivity contribution < 1.29 is 28.6 Å². The van der Waals surface area contributed by atoms with E-state index < -0.39 is 29.7 Å². The molecule has 2 amide bonds. The molecule has 5 rings (SSSR count). The van der Waals surface area contributed by atoms with Gasteiger partial charge in [-0.15, -0.1) is 0 Å². The second kappa shape index (κ2) is 9.21. The molecule has 1 saturated carbocycles. The van der Waals surface area contributed by atoms with Gasteiger partial charge < -0.3 is 15.2 Å². The van der Waals surface area contributed by atoms with E-state index >= 15 is 0 Å². The maximum absolute atomic E-state index is 14.5. The maximum Gasteiger partial charge on any atom is 0.411 e. The third-order valence-corrected chi connectivity index (χ3v) is 6.63. The fraction of sp³-hybridized carbons (Fsp3) is 0.222. The number of benzene rings is 3. The number of fused-ring (bicyclic) bond motifs is 3. The normalized spacial score (nSPS) is 18.1. The van der Waals surface area contributed by atoms with Crippen LogP contribution in [0.3, 0.4) is 0 Å². The summed E-state index contributed by atoms with van der Waals surface area (Å²) in [7, 11) is 0. The zero-order valence-corrected chi connectivity index (χ0v) is 18.7. The summed E-state index contributed by atoms with van der Waals surface area (Å²) in [5, 5.41) is 14.1. The molecule has 2 aliphatic rings. The van der Waals surface area contributed by atoms with Gasteiger partial charge in [0.25, 0.3) is 5.91 Å². The van der Waals surface area contributed by atoms with Crippen molar-refractivity contribution in [2.75, 3.05) is 11.9 Å². The molecule has 3 aromatic rings. The molecule has 178 valence electrons. The first-order chi connectivity index (χ1) is 16.9. The highest BCUT2D eigenvalue weighted by molar-refractivity contribution is 5.96. The Hall–Kier alpha value is -4.20. The molecule has 1 fully saturated rings. The minimum Gasteiger partial charge on any atom is -0.481 e. The number of anilines is 1. The number of nitrogens with one attached hydrogen (secondary N) is 2. The third kappa shape index (κ3) is 4.47. The van der Waals surface area contributed by atoms with Gasteiger partial charge in [-0.05, 0) is 53.3 Å². The van der Waals surface area contributed by atoms with E-state index in [4.69, 9.17) is 9.84 Å². The van der Waals surface area contributed by atoms with Crippen LogP contribution in [-0.4, -0.2) is 35.7 Å². The van der Waals surface area contributed by atoms with E-state index in [-0.39, 0.29) is 29.8 Å². The number of rotatable bonds is 6. The monoisotopic (exact) mass is 474 g/mol. The largest absolute Gasteiger partial charge is 0.481 e. The van der Waals surface area contributed by atoms with Crippen molar-refractivity contribution in [1.29, 1.82) is 0 Å². The quantitative estimate of drug-likeness (QED) is 0.477. The molecule has 35 heavy (non-hydrogen) atoms. The lowest BCUT2D eigenvalue weighted by molar-refractivity contribution is -0.145. The number of hydrogen-bond acceptors (Lipinski definition) is 4. The first-order valence-corrected chi connectivity index (χ1v) is 11.4. The van der Waals surface area contributed by atoms with Crippen LogP contribution in [0.15, 0.2) is 66.7 Å². The van der Waals surface area contributed by atoms with Gasteiger partial charge in [-0.1, -0.05) is 48.5 Å². The Morgan fingerprint density at radius 2 is 1.57 bits per heavy atom. The summed E-state index contributed by atoms with van der Waals surface area (Å²) in [4.78, 5) is 35.6. The summed E-state index contributed by atoms with van der Waals surface area (Å²) in [6, 6.07) is 19.4. The van der Waals surface area contributed by atoms with Crippen LogP contribution in [0.1, 0.15) is 40.2 Å². The van der Waals surface area contributed by atoms with E-state index in [1.807, 2.05) is 48.5 Å². The first kappa shape index (κ1) is 22.6. The van der Waals surface area contributed by atoms with Crippen LogP contribution in [0.25, 0.3) is 11.1 Å². The zero-order valence-electron chi connectivity index (χ0n) is 18.7. The Morgan fingerprint density at radius 1 is 0.943 bits per heavy atom. The standard InChI is InChI=1S/C27H23FN2O5/c28-24-13-16(9-10-22(24)25(31)29-17-11-15(12-17)26(32)33)30-27(34)35-14-23-20-7-3-1-5-18(20)19-6-2-4-8-21(19)23/h1-10,13,15,17,23H,11-12,14H2,(H,29,31)(H,30,34)(H,32,33). The van der Waals surface area contributed by atoms with Crippen molar-refractivity contribution >= 4 is 23.7 Å². The lowest BCUT2D eigenvalue weighted by atomic mass is 9.80. The van der Waals surface area contributed by atoms with Crippen LogP contribution in [0.2, 0.25) is 0 Å². The van der Waals surface area contributed by atoms with Gasteiger partial charge in [0, 0.05) is 17.6 Å². The molecule has 7 nitrogen and oxygen atoms in total.